The summed E-state index contributed by atoms with van der Waals surface area (Å²) < 4.78 is 1.87. The zero-order chi connectivity index (χ0) is 11.7. The zero-order valence-electron chi connectivity index (χ0n) is 10.0. The molecule has 3 heteroatoms. The fraction of sp³-hybridized carbons (Fsp3) is 0.357. The predicted molar refractivity (Wildman–Crippen MR) is 69.4 cm³/mol. The minimum Gasteiger partial charge on any atom is -0.382 e. The van der Waals surface area contributed by atoms with E-state index in [0.29, 0.717) is 6.04 Å². The molecule has 1 saturated carbocycles. The van der Waals surface area contributed by atoms with Crippen LogP contribution in [0, 0.1) is 5.92 Å². The summed E-state index contributed by atoms with van der Waals surface area (Å²) in [6, 6.07) is 11.0. The van der Waals surface area contributed by atoms with E-state index in [9.17, 15) is 0 Å². The third kappa shape index (κ3) is 2.18. The summed E-state index contributed by atoms with van der Waals surface area (Å²) >= 11 is 0. The summed E-state index contributed by atoms with van der Waals surface area (Å²) in [7, 11) is 0. The first kappa shape index (κ1) is 10.4. The van der Waals surface area contributed by atoms with Gasteiger partial charge in [0.2, 0.25) is 0 Å². The zero-order valence-corrected chi connectivity index (χ0v) is 10.0. The monoisotopic (exact) mass is 227 g/mol. The van der Waals surface area contributed by atoms with Crippen LogP contribution in [-0.4, -0.2) is 15.8 Å². The Morgan fingerprint density at radius 1 is 1.24 bits per heavy atom. The van der Waals surface area contributed by atoms with E-state index >= 15 is 0 Å². The van der Waals surface area contributed by atoms with Gasteiger partial charge in [0.05, 0.1) is 5.69 Å². The number of nitrogens with zero attached hydrogens (tertiary/aromatic N) is 2. The highest BCUT2D eigenvalue weighted by molar-refractivity contribution is 5.49. The van der Waals surface area contributed by atoms with E-state index in [4.69, 9.17) is 0 Å². The second kappa shape index (κ2) is 4.24. The van der Waals surface area contributed by atoms with Crippen LogP contribution in [0.3, 0.4) is 0 Å². The second-order valence-electron chi connectivity index (χ2n) is 4.92. The van der Waals surface area contributed by atoms with Gasteiger partial charge in [0.15, 0.2) is 0 Å². The molecule has 1 aliphatic rings. The maximum Gasteiger partial charge on any atom is 0.0647 e. The molecule has 3 nitrogen and oxygen atoms in total. The van der Waals surface area contributed by atoms with Gasteiger partial charge < -0.3 is 5.32 Å². The van der Waals surface area contributed by atoms with Gasteiger partial charge >= 0.3 is 0 Å². The fourth-order valence-electron chi connectivity index (χ4n) is 2.39. The van der Waals surface area contributed by atoms with Crippen molar-refractivity contribution in [2.24, 2.45) is 5.92 Å². The average molecular weight is 227 g/mol. The molecule has 0 atom stereocenters. The Labute approximate surface area is 101 Å². The van der Waals surface area contributed by atoms with Crippen LogP contribution in [0.4, 0.5) is 5.69 Å². The third-order valence-electron chi connectivity index (χ3n) is 3.38. The van der Waals surface area contributed by atoms with Crippen molar-refractivity contribution < 1.29 is 0 Å². The van der Waals surface area contributed by atoms with E-state index < -0.39 is 0 Å². The lowest BCUT2D eigenvalue weighted by Gasteiger charge is -2.34. The van der Waals surface area contributed by atoms with Crippen LogP contribution in [0.1, 0.15) is 19.8 Å². The van der Waals surface area contributed by atoms with Gasteiger partial charge in [-0.3, -0.25) is 0 Å². The highest BCUT2D eigenvalue weighted by atomic mass is 15.3. The molecule has 3 rings (SSSR count). The minimum atomic E-state index is 0.667. The van der Waals surface area contributed by atoms with Gasteiger partial charge in [0.1, 0.15) is 0 Å². The van der Waals surface area contributed by atoms with E-state index in [1.807, 2.05) is 16.9 Å². The summed E-state index contributed by atoms with van der Waals surface area (Å²) in [5.41, 5.74) is 2.31. The Bertz CT molecular complexity index is 467. The molecule has 0 bridgehead atoms. The van der Waals surface area contributed by atoms with Gasteiger partial charge in [0, 0.05) is 24.1 Å². The van der Waals surface area contributed by atoms with Gasteiger partial charge in [-0.2, -0.15) is 5.10 Å². The van der Waals surface area contributed by atoms with Crippen molar-refractivity contribution in [1.82, 2.24) is 9.78 Å². The molecular weight excluding hydrogens is 210 g/mol. The first-order valence-corrected chi connectivity index (χ1v) is 6.18. The van der Waals surface area contributed by atoms with Crippen molar-refractivity contribution in [2.45, 2.75) is 25.8 Å². The molecule has 1 fully saturated rings. The van der Waals surface area contributed by atoms with E-state index in [1.165, 1.54) is 18.5 Å². The van der Waals surface area contributed by atoms with Crippen molar-refractivity contribution in [3.05, 3.63) is 42.7 Å². The highest BCUT2D eigenvalue weighted by Gasteiger charge is 2.24. The molecule has 0 saturated heterocycles. The largest absolute Gasteiger partial charge is 0.382 e. The number of anilines is 1. The summed E-state index contributed by atoms with van der Waals surface area (Å²) in [4.78, 5) is 0. The van der Waals surface area contributed by atoms with Gasteiger partial charge in [0.25, 0.3) is 0 Å². The lowest BCUT2D eigenvalue weighted by molar-refractivity contribution is 0.309. The number of nitrogens with one attached hydrogen (secondary N) is 1. The highest BCUT2D eigenvalue weighted by Crippen LogP contribution is 2.29. The molecule has 0 radical (unpaired) electrons. The SMILES string of the molecule is CC1CC(Nc2ccc(-n3cccn3)cc2)C1. The molecule has 0 spiro atoms. The molecule has 17 heavy (non-hydrogen) atoms. The Kier molecular flexibility index (Phi) is 2.59. The molecule has 0 unspecified atom stereocenters. The van der Waals surface area contributed by atoms with E-state index in [-0.39, 0.29) is 0 Å². The molecule has 1 N–H and O–H groups in total. The molecule has 0 aliphatic heterocycles. The van der Waals surface area contributed by atoms with Gasteiger partial charge in [-0.25, -0.2) is 4.68 Å². The first-order valence-electron chi connectivity index (χ1n) is 6.18. The van der Waals surface area contributed by atoms with Crippen molar-refractivity contribution in [3.63, 3.8) is 0 Å². The van der Waals surface area contributed by atoms with Crippen molar-refractivity contribution in [2.75, 3.05) is 5.32 Å². The predicted octanol–water partition coefficient (Wildman–Crippen LogP) is 3.08. The molecule has 1 heterocycles. The Hall–Kier alpha value is -1.77. The molecule has 2 aromatic rings. The lowest BCUT2D eigenvalue weighted by atomic mass is 9.82. The normalized spacial score (nSPS) is 23.1. The topological polar surface area (TPSA) is 29.9 Å². The standard InChI is InChI=1S/C14H17N3/c1-11-9-13(10-11)16-12-3-5-14(6-4-12)17-8-2-7-15-17/h2-8,11,13,16H,9-10H2,1H3. The van der Waals surface area contributed by atoms with Crippen LogP contribution in [-0.2, 0) is 0 Å². The minimum absolute atomic E-state index is 0.667. The maximum absolute atomic E-state index is 4.21. The Morgan fingerprint density at radius 3 is 2.59 bits per heavy atom. The lowest BCUT2D eigenvalue weighted by Crippen LogP contribution is -2.33. The molecule has 88 valence electrons. The number of hydrogen-bond acceptors (Lipinski definition) is 2. The first-order chi connectivity index (χ1) is 8.31. The van der Waals surface area contributed by atoms with Gasteiger partial charge in [-0.1, -0.05) is 6.92 Å². The van der Waals surface area contributed by atoms with Gasteiger partial charge in [-0.05, 0) is 49.1 Å². The van der Waals surface area contributed by atoms with Gasteiger partial charge in [-0.15, -0.1) is 0 Å². The van der Waals surface area contributed by atoms with Crippen LogP contribution in [0.25, 0.3) is 5.69 Å². The van der Waals surface area contributed by atoms with Crippen molar-refractivity contribution in [1.29, 1.82) is 0 Å². The van der Waals surface area contributed by atoms with Crippen molar-refractivity contribution >= 4 is 5.69 Å². The van der Waals surface area contributed by atoms with E-state index in [2.05, 4.69) is 41.6 Å². The summed E-state index contributed by atoms with van der Waals surface area (Å²) in [6.07, 6.45) is 6.33. The summed E-state index contributed by atoms with van der Waals surface area (Å²) in [5, 5.41) is 7.76. The fourth-order valence-corrected chi connectivity index (χ4v) is 2.39. The van der Waals surface area contributed by atoms with Crippen molar-refractivity contribution in [3.8, 4) is 5.69 Å². The summed E-state index contributed by atoms with van der Waals surface area (Å²) in [5.74, 6) is 0.885. The second-order valence-corrected chi connectivity index (χ2v) is 4.92. The maximum atomic E-state index is 4.21. The third-order valence-corrected chi connectivity index (χ3v) is 3.38. The molecule has 1 aromatic heterocycles. The molecule has 0 amide bonds. The van der Waals surface area contributed by atoms with Crippen LogP contribution in [0.15, 0.2) is 42.7 Å². The van der Waals surface area contributed by atoms with Crippen LogP contribution >= 0.6 is 0 Å². The smallest absolute Gasteiger partial charge is 0.0647 e. The number of rotatable bonds is 3. The number of benzene rings is 1. The Morgan fingerprint density at radius 2 is 2.00 bits per heavy atom. The van der Waals surface area contributed by atoms with Crippen LogP contribution < -0.4 is 5.32 Å². The molecule has 1 aromatic carbocycles. The number of hydrogen-bond donors (Lipinski definition) is 1. The van der Waals surface area contributed by atoms with E-state index in [0.717, 1.165) is 11.6 Å². The van der Waals surface area contributed by atoms with Crippen LogP contribution in [0.2, 0.25) is 0 Å². The molecular formula is C14H17N3. The Balaban J connectivity index is 1.68. The average Bonchev–Trinajstić information content (AvgIpc) is 2.81. The van der Waals surface area contributed by atoms with Crippen LogP contribution in [0.5, 0.6) is 0 Å². The number of aromatic nitrogens is 2. The quantitative estimate of drug-likeness (QED) is 0.873. The summed E-state index contributed by atoms with van der Waals surface area (Å²) in [6.45, 7) is 2.30. The molecule has 1 aliphatic carbocycles. The van der Waals surface area contributed by atoms with E-state index in [1.54, 1.807) is 6.20 Å².